The number of pyridine rings is 2. The van der Waals surface area contributed by atoms with Crippen LogP contribution in [0.5, 0.6) is 0 Å². The van der Waals surface area contributed by atoms with Crippen molar-refractivity contribution in [3.63, 3.8) is 0 Å². The zero-order valence-corrected chi connectivity index (χ0v) is 47.1. The van der Waals surface area contributed by atoms with Crippen molar-refractivity contribution in [2.45, 2.75) is 141 Å². The molecule has 418 valence electrons. The molecular formula is C58H66Cl2N14O6. The van der Waals surface area contributed by atoms with Crippen LogP contribution in [0.4, 0.5) is 32.9 Å². The van der Waals surface area contributed by atoms with Gasteiger partial charge < -0.3 is 35.8 Å². The minimum Gasteiger partial charge on any atom is -0.444 e. The van der Waals surface area contributed by atoms with Crippen molar-refractivity contribution in [3.8, 4) is 22.5 Å². The van der Waals surface area contributed by atoms with Crippen molar-refractivity contribution < 1.29 is 24.0 Å². The largest absolute Gasteiger partial charge is 0.444 e. The first kappa shape index (κ1) is 56.6. The van der Waals surface area contributed by atoms with Gasteiger partial charge in [0, 0.05) is 75.6 Å². The Kier molecular flexibility index (Phi) is 17.3. The van der Waals surface area contributed by atoms with Gasteiger partial charge in [-0.05, 0) is 123 Å². The molecule has 6 aromatic heterocycles. The number of fused-ring (bicyclic) bond motifs is 2. The van der Waals surface area contributed by atoms with E-state index in [1.54, 1.807) is 40.5 Å². The van der Waals surface area contributed by atoms with Gasteiger partial charge in [-0.1, -0.05) is 59.6 Å². The number of anilines is 3. The highest BCUT2D eigenvalue weighted by Gasteiger charge is 2.35. The van der Waals surface area contributed by atoms with Gasteiger partial charge in [0.2, 0.25) is 11.9 Å². The Balaban J connectivity index is 0.000000194. The number of halogens is 2. The van der Waals surface area contributed by atoms with Gasteiger partial charge in [0.15, 0.2) is 0 Å². The lowest BCUT2D eigenvalue weighted by molar-refractivity contribution is -0.385. The molecule has 0 unspecified atom stereocenters. The highest BCUT2D eigenvalue weighted by molar-refractivity contribution is 6.33. The maximum atomic E-state index is 13.3. The summed E-state index contributed by atoms with van der Waals surface area (Å²) in [6.07, 6.45) is 15.7. The average molecular weight is 1130 g/mol. The predicted molar refractivity (Wildman–Crippen MR) is 311 cm³/mol. The Morgan fingerprint density at radius 3 is 1.51 bits per heavy atom. The van der Waals surface area contributed by atoms with Gasteiger partial charge in [-0.2, -0.15) is 0 Å². The predicted octanol–water partition coefficient (Wildman–Crippen LogP) is 13.2. The molecule has 0 saturated heterocycles. The maximum absolute atomic E-state index is 13.3. The Morgan fingerprint density at radius 1 is 0.650 bits per heavy atom. The molecule has 6 heterocycles. The zero-order chi connectivity index (χ0) is 56.7. The molecule has 2 aliphatic rings. The van der Waals surface area contributed by atoms with Gasteiger partial charge in [-0.3, -0.25) is 29.9 Å². The van der Waals surface area contributed by atoms with Gasteiger partial charge in [-0.15, -0.1) is 0 Å². The molecule has 10 rings (SSSR count). The van der Waals surface area contributed by atoms with E-state index in [9.17, 15) is 19.7 Å². The molecule has 80 heavy (non-hydrogen) atoms. The smallest absolute Gasteiger partial charge is 0.410 e. The number of para-hydroxylation sites is 2. The summed E-state index contributed by atoms with van der Waals surface area (Å²) in [5.41, 5.74) is 11.4. The van der Waals surface area contributed by atoms with Crippen LogP contribution in [0.25, 0.3) is 44.3 Å². The number of aromatic amines is 2. The number of nitrogens with one attached hydrogen (secondary N) is 4. The number of ether oxygens (including phenoxy) is 2. The number of carbonyl (C=O) groups is 2. The first-order chi connectivity index (χ1) is 38.2. The van der Waals surface area contributed by atoms with Crippen molar-refractivity contribution in [1.82, 2.24) is 49.7 Å². The molecule has 6 N–H and O–H groups in total. The molecule has 22 heteroatoms. The van der Waals surface area contributed by atoms with Crippen LogP contribution in [0.3, 0.4) is 0 Å². The third kappa shape index (κ3) is 14.4. The van der Waals surface area contributed by atoms with Crippen molar-refractivity contribution in [3.05, 3.63) is 142 Å². The SMILES string of the molecule is CC(C)(C)OC(=O)N(Cc1ccc(N)cn1)[C@H]1CCC[C@@H](Nc2ncc(Cl)c(-c3c[nH]c4ccccc34)n2)C1.CC(C)(C)OC(=O)N(Cc1ccc([N+](=O)[O-])cn1)[C@H]1CCC[C@@H](Nc2ncc(Cl)c(-c3c[nH]c4ccccc34)n2)C1. The minimum atomic E-state index is -0.680. The topological polar surface area (TPSA) is 261 Å². The molecule has 0 spiro atoms. The number of amides is 2. The van der Waals surface area contributed by atoms with Crippen LogP contribution in [-0.2, 0) is 22.6 Å². The first-order valence-corrected chi connectivity index (χ1v) is 27.5. The minimum absolute atomic E-state index is 0.000464. The summed E-state index contributed by atoms with van der Waals surface area (Å²) in [5, 5.41) is 21.0. The van der Waals surface area contributed by atoms with E-state index in [-0.39, 0.29) is 42.5 Å². The molecule has 0 radical (unpaired) electrons. The average Bonchev–Trinajstić information content (AvgIpc) is 4.08. The lowest BCUT2D eigenvalue weighted by Crippen LogP contribution is -2.47. The van der Waals surface area contributed by atoms with E-state index in [0.29, 0.717) is 57.7 Å². The number of nitrogens with zero attached hydrogens (tertiary/aromatic N) is 9. The van der Waals surface area contributed by atoms with Crippen LogP contribution in [0, 0.1) is 10.1 Å². The monoisotopic (exact) mass is 1120 g/mol. The number of rotatable bonds is 13. The highest BCUT2D eigenvalue weighted by atomic mass is 35.5. The molecule has 2 fully saturated rings. The van der Waals surface area contributed by atoms with E-state index in [2.05, 4.69) is 40.5 Å². The van der Waals surface area contributed by atoms with E-state index in [1.807, 2.05) is 109 Å². The maximum Gasteiger partial charge on any atom is 0.410 e. The van der Waals surface area contributed by atoms with Crippen LogP contribution < -0.4 is 16.4 Å². The van der Waals surface area contributed by atoms with Gasteiger partial charge in [-0.25, -0.2) is 29.5 Å². The number of benzene rings is 2. The fraction of sp³-hybridized carbons (Fsp3) is 0.379. The fourth-order valence-corrected chi connectivity index (χ4v) is 10.5. The molecule has 2 aromatic carbocycles. The van der Waals surface area contributed by atoms with Crippen molar-refractivity contribution >= 4 is 80.5 Å². The summed E-state index contributed by atoms with van der Waals surface area (Å²) in [6, 6.07) is 22.5. The van der Waals surface area contributed by atoms with Crippen LogP contribution in [0.1, 0.15) is 104 Å². The third-order valence-electron chi connectivity index (χ3n) is 13.8. The number of nitrogen functional groups attached to an aromatic ring is 1. The summed E-state index contributed by atoms with van der Waals surface area (Å²) < 4.78 is 11.5. The number of hydrogen-bond acceptors (Lipinski definition) is 15. The first-order valence-electron chi connectivity index (χ1n) is 26.7. The second kappa shape index (κ2) is 24.5. The summed E-state index contributed by atoms with van der Waals surface area (Å²) in [5.74, 6) is 0.968. The van der Waals surface area contributed by atoms with Gasteiger partial charge >= 0.3 is 12.2 Å². The summed E-state index contributed by atoms with van der Waals surface area (Å²) >= 11 is 13.1. The molecule has 4 atom stereocenters. The van der Waals surface area contributed by atoms with Crippen LogP contribution in [0.15, 0.2) is 110 Å². The zero-order valence-electron chi connectivity index (χ0n) is 45.6. The van der Waals surface area contributed by atoms with Crippen LogP contribution >= 0.6 is 23.2 Å². The summed E-state index contributed by atoms with van der Waals surface area (Å²) in [4.78, 5) is 74.3. The van der Waals surface area contributed by atoms with E-state index in [0.717, 1.165) is 83.6 Å². The third-order valence-corrected chi connectivity index (χ3v) is 14.4. The number of carbonyl (C=O) groups excluding carboxylic acids is 2. The molecule has 2 saturated carbocycles. The lowest BCUT2D eigenvalue weighted by Gasteiger charge is -2.38. The van der Waals surface area contributed by atoms with E-state index >= 15 is 0 Å². The summed E-state index contributed by atoms with van der Waals surface area (Å²) in [6.45, 7) is 11.6. The van der Waals surface area contributed by atoms with Crippen LogP contribution in [-0.4, -0.2) is 102 Å². The second-order valence-electron chi connectivity index (χ2n) is 22.2. The lowest BCUT2D eigenvalue weighted by atomic mass is 9.90. The van der Waals surface area contributed by atoms with E-state index in [1.165, 1.54) is 12.3 Å². The van der Waals surface area contributed by atoms with Gasteiger partial charge in [0.05, 0.1) is 75.1 Å². The van der Waals surface area contributed by atoms with E-state index in [4.69, 9.17) is 48.4 Å². The normalized spacial score (nSPS) is 17.4. The number of hydrogen-bond donors (Lipinski definition) is 5. The molecule has 0 bridgehead atoms. The molecule has 20 nitrogen and oxygen atoms in total. The molecule has 8 aromatic rings. The van der Waals surface area contributed by atoms with Crippen molar-refractivity contribution in [2.75, 3.05) is 16.4 Å². The van der Waals surface area contributed by atoms with Crippen LogP contribution in [0.2, 0.25) is 10.0 Å². The highest BCUT2D eigenvalue weighted by Crippen LogP contribution is 2.36. The Hall–Kier alpha value is -8.10. The Bertz CT molecular complexity index is 3450. The quantitative estimate of drug-likeness (QED) is 0.0531. The Labute approximate surface area is 473 Å². The van der Waals surface area contributed by atoms with Crippen molar-refractivity contribution in [1.29, 1.82) is 0 Å². The number of nitrogens with two attached hydrogens (primary N) is 1. The molecule has 0 aliphatic heterocycles. The fourth-order valence-electron chi connectivity index (χ4n) is 10.1. The number of H-pyrrole nitrogens is 2. The molecular weight excluding hydrogens is 1060 g/mol. The standard InChI is InChI=1S/C29H32ClN7O4.C29H34ClN7O2/c1-29(2,3)41-28(38)36(17-19-11-12-21(14-31-19)37(39)40)20-8-6-7-18(13-20)34-27-33-16-24(30)26(35-27)23-15-32-25-10-5-4-9-22(23)25;1-29(2,3)39-28(38)37(17-20-12-11-18(31)14-32-20)21-8-6-7-19(13-21)35-27-34-16-24(30)26(36-27)23-15-33-25-10-5-4-9-22(23)25/h4-5,9-12,14-16,18,20,32H,6-8,13,17H2,1-3H3,(H,33,34,35);4-5,9-12,14-16,19,21,33H,6-8,13,17,31H2,1-3H3,(H,34,35,36)/t18-,20+;19-,21+/m11/s1. The molecule has 2 amide bonds. The van der Waals surface area contributed by atoms with Crippen molar-refractivity contribution in [2.24, 2.45) is 0 Å². The van der Waals surface area contributed by atoms with Gasteiger partial charge in [0.1, 0.15) is 17.4 Å². The number of aromatic nitrogens is 8. The number of nitro groups is 1. The van der Waals surface area contributed by atoms with E-state index < -0.39 is 22.2 Å². The van der Waals surface area contributed by atoms with Gasteiger partial charge in [0.25, 0.3) is 5.69 Å². The Morgan fingerprint density at radius 2 is 1.10 bits per heavy atom. The summed E-state index contributed by atoms with van der Waals surface area (Å²) in [7, 11) is 0. The second-order valence-corrected chi connectivity index (χ2v) is 23.0. The molecule has 2 aliphatic carbocycles.